The van der Waals surface area contributed by atoms with Gasteiger partial charge >= 0.3 is 6.18 Å². The number of alkyl halides is 3. The van der Waals surface area contributed by atoms with E-state index in [2.05, 4.69) is 10.6 Å². The summed E-state index contributed by atoms with van der Waals surface area (Å²) >= 11 is 0. The minimum Gasteiger partial charge on any atom is -0.497 e. The number of carbonyl (C=O) groups excluding carboxylic acids is 3. The Morgan fingerprint density at radius 2 is 1.64 bits per heavy atom. The van der Waals surface area contributed by atoms with Crippen LogP contribution in [0.25, 0.3) is 0 Å². The molecule has 2 aromatic carbocycles. The van der Waals surface area contributed by atoms with E-state index in [0.717, 1.165) is 37.1 Å². The minimum absolute atomic E-state index is 0.0636. The van der Waals surface area contributed by atoms with Crippen LogP contribution in [0.2, 0.25) is 0 Å². The van der Waals surface area contributed by atoms with Gasteiger partial charge in [0.05, 0.1) is 25.8 Å². The van der Waals surface area contributed by atoms with Gasteiger partial charge in [0, 0.05) is 17.8 Å². The Morgan fingerprint density at radius 1 is 1.00 bits per heavy atom. The van der Waals surface area contributed by atoms with Gasteiger partial charge in [0.15, 0.2) is 0 Å². The van der Waals surface area contributed by atoms with Crippen molar-refractivity contribution >= 4 is 23.4 Å². The van der Waals surface area contributed by atoms with Crippen molar-refractivity contribution in [2.24, 2.45) is 5.92 Å². The first-order valence-corrected chi connectivity index (χ1v) is 10.3. The lowest BCUT2D eigenvalue weighted by Gasteiger charge is -2.22. The molecule has 1 aliphatic rings. The van der Waals surface area contributed by atoms with Crippen LogP contribution in [0, 0.1) is 5.92 Å². The quantitative estimate of drug-likeness (QED) is 0.597. The molecule has 0 aliphatic heterocycles. The van der Waals surface area contributed by atoms with E-state index < -0.39 is 29.5 Å². The Labute approximate surface area is 188 Å². The van der Waals surface area contributed by atoms with Gasteiger partial charge in [-0.1, -0.05) is 0 Å². The van der Waals surface area contributed by atoms with Crippen LogP contribution in [0.4, 0.5) is 18.9 Å². The van der Waals surface area contributed by atoms with Gasteiger partial charge in [-0.2, -0.15) is 13.2 Å². The molecule has 10 heteroatoms. The number of hydrogen-bond donors (Lipinski definition) is 2. The van der Waals surface area contributed by atoms with Crippen molar-refractivity contribution in [2.45, 2.75) is 19.0 Å². The van der Waals surface area contributed by atoms with E-state index in [9.17, 15) is 27.6 Å². The van der Waals surface area contributed by atoms with Crippen molar-refractivity contribution in [3.05, 3.63) is 59.7 Å². The standard InChI is InChI=1S/C23H24F3N3O4/c1-33-19-10-8-18(9-11-19)28-20(30)12-27-21(31)14-29(13-15-2-3-15)22(32)16-4-6-17(7-5-16)23(24,25)26/h4-11,15H,2-3,12-14H2,1H3,(H,27,31)(H,28,30). The van der Waals surface area contributed by atoms with Crippen LogP contribution >= 0.6 is 0 Å². The number of rotatable bonds is 9. The molecule has 0 aromatic heterocycles. The maximum absolute atomic E-state index is 12.8. The molecule has 1 aliphatic carbocycles. The Balaban J connectivity index is 1.55. The van der Waals surface area contributed by atoms with E-state index in [-0.39, 0.29) is 24.6 Å². The zero-order valence-electron chi connectivity index (χ0n) is 17.9. The maximum Gasteiger partial charge on any atom is 0.416 e. The molecule has 0 heterocycles. The zero-order valence-corrected chi connectivity index (χ0v) is 17.9. The van der Waals surface area contributed by atoms with Crippen molar-refractivity contribution < 1.29 is 32.3 Å². The summed E-state index contributed by atoms with van der Waals surface area (Å²) in [5.74, 6) is -0.630. The summed E-state index contributed by atoms with van der Waals surface area (Å²) in [7, 11) is 1.53. The summed E-state index contributed by atoms with van der Waals surface area (Å²) in [5.41, 5.74) is -0.259. The first-order chi connectivity index (χ1) is 15.7. The third-order valence-electron chi connectivity index (χ3n) is 5.08. The van der Waals surface area contributed by atoms with E-state index in [1.165, 1.54) is 12.0 Å². The maximum atomic E-state index is 12.8. The Hall–Kier alpha value is -3.56. The van der Waals surface area contributed by atoms with Crippen LogP contribution in [-0.4, -0.2) is 49.4 Å². The molecule has 0 unspecified atom stereocenters. The van der Waals surface area contributed by atoms with Crippen molar-refractivity contribution in [1.82, 2.24) is 10.2 Å². The van der Waals surface area contributed by atoms with Gasteiger partial charge in [-0.3, -0.25) is 14.4 Å². The lowest BCUT2D eigenvalue weighted by Crippen LogP contribution is -2.43. The lowest BCUT2D eigenvalue weighted by atomic mass is 10.1. The molecular weight excluding hydrogens is 439 g/mol. The largest absolute Gasteiger partial charge is 0.497 e. The SMILES string of the molecule is COc1ccc(NC(=O)CNC(=O)CN(CC2CC2)C(=O)c2ccc(C(F)(F)F)cc2)cc1. The second kappa shape index (κ2) is 10.4. The van der Waals surface area contributed by atoms with E-state index in [4.69, 9.17) is 4.74 Å². The van der Waals surface area contributed by atoms with Crippen LogP contribution in [0.15, 0.2) is 48.5 Å². The van der Waals surface area contributed by atoms with Gasteiger partial charge < -0.3 is 20.3 Å². The fourth-order valence-electron chi connectivity index (χ4n) is 3.10. The molecule has 0 radical (unpaired) electrons. The van der Waals surface area contributed by atoms with E-state index in [1.807, 2.05) is 0 Å². The Kier molecular flexibility index (Phi) is 7.57. The average Bonchev–Trinajstić information content (AvgIpc) is 3.61. The second-order valence-electron chi connectivity index (χ2n) is 7.76. The van der Waals surface area contributed by atoms with E-state index in [0.29, 0.717) is 18.0 Å². The molecular formula is C23H24F3N3O4. The summed E-state index contributed by atoms with van der Waals surface area (Å²) in [6.07, 6.45) is -2.66. The van der Waals surface area contributed by atoms with Gasteiger partial charge in [0.2, 0.25) is 11.8 Å². The molecule has 0 spiro atoms. The van der Waals surface area contributed by atoms with Crippen molar-refractivity contribution in [1.29, 1.82) is 0 Å². The van der Waals surface area contributed by atoms with Gasteiger partial charge in [0.1, 0.15) is 5.75 Å². The predicted octanol–water partition coefficient (Wildman–Crippen LogP) is 3.32. The zero-order chi connectivity index (χ0) is 24.0. The summed E-state index contributed by atoms with van der Waals surface area (Å²) in [4.78, 5) is 38.6. The molecule has 2 aromatic rings. The molecule has 1 fully saturated rings. The number of amides is 3. The molecule has 176 valence electrons. The summed E-state index contributed by atoms with van der Waals surface area (Å²) in [6.45, 7) is -0.270. The lowest BCUT2D eigenvalue weighted by molar-refractivity contribution is -0.137. The second-order valence-corrected chi connectivity index (χ2v) is 7.76. The summed E-state index contributed by atoms with van der Waals surface area (Å²) < 4.78 is 43.3. The number of nitrogens with one attached hydrogen (secondary N) is 2. The van der Waals surface area contributed by atoms with Crippen LogP contribution < -0.4 is 15.4 Å². The molecule has 3 amide bonds. The fraction of sp³-hybridized carbons (Fsp3) is 0.348. The number of anilines is 1. The van der Waals surface area contributed by atoms with Crippen LogP contribution in [0.1, 0.15) is 28.8 Å². The number of carbonyl (C=O) groups is 3. The van der Waals surface area contributed by atoms with Gasteiger partial charge in [0.25, 0.3) is 5.91 Å². The molecule has 7 nitrogen and oxygen atoms in total. The molecule has 1 saturated carbocycles. The van der Waals surface area contributed by atoms with Crippen LogP contribution in [0.3, 0.4) is 0 Å². The van der Waals surface area contributed by atoms with Crippen molar-refractivity contribution in [3.63, 3.8) is 0 Å². The predicted molar refractivity (Wildman–Crippen MR) is 115 cm³/mol. The smallest absolute Gasteiger partial charge is 0.416 e. The molecule has 0 saturated heterocycles. The van der Waals surface area contributed by atoms with Crippen molar-refractivity contribution in [2.75, 3.05) is 32.1 Å². The Morgan fingerprint density at radius 3 is 2.18 bits per heavy atom. The molecule has 33 heavy (non-hydrogen) atoms. The van der Waals surface area contributed by atoms with Gasteiger partial charge in [-0.25, -0.2) is 0 Å². The van der Waals surface area contributed by atoms with Crippen LogP contribution in [-0.2, 0) is 15.8 Å². The Bertz CT molecular complexity index is 988. The third kappa shape index (κ3) is 7.23. The third-order valence-corrected chi connectivity index (χ3v) is 5.08. The highest BCUT2D eigenvalue weighted by Crippen LogP contribution is 2.31. The van der Waals surface area contributed by atoms with E-state index >= 15 is 0 Å². The topological polar surface area (TPSA) is 87.7 Å². The fourth-order valence-corrected chi connectivity index (χ4v) is 3.10. The number of ether oxygens (including phenoxy) is 1. The first-order valence-electron chi connectivity index (χ1n) is 10.3. The van der Waals surface area contributed by atoms with Crippen LogP contribution in [0.5, 0.6) is 5.75 Å². The summed E-state index contributed by atoms with van der Waals surface area (Å²) in [6, 6.07) is 10.5. The molecule has 2 N–H and O–H groups in total. The molecule has 0 atom stereocenters. The number of methoxy groups -OCH3 is 1. The van der Waals surface area contributed by atoms with E-state index in [1.54, 1.807) is 24.3 Å². The molecule has 3 rings (SSSR count). The highest BCUT2D eigenvalue weighted by molar-refractivity contribution is 5.98. The monoisotopic (exact) mass is 463 g/mol. The summed E-state index contributed by atoms with van der Waals surface area (Å²) in [5, 5.41) is 5.09. The van der Waals surface area contributed by atoms with Gasteiger partial charge in [-0.15, -0.1) is 0 Å². The highest BCUT2D eigenvalue weighted by atomic mass is 19.4. The number of hydrogen-bond acceptors (Lipinski definition) is 4. The normalized spacial score (nSPS) is 13.2. The minimum atomic E-state index is -4.50. The van der Waals surface area contributed by atoms with Gasteiger partial charge in [-0.05, 0) is 67.3 Å². The number of benzene rings is 2. The molecule has 0 bridgehead atoms. The average molecular weight is 463 g/mol. The first kappa shape index (κ1) is 24.1. The number of halogens is 3. The number of nitrogens with zero attached hydrogens (tertiary/aromatic N) is 1. The van der Waals surface area contributed by atoms with Crippen molar-refractivity contribution in [3.8, 4) is 5.75 Å². The highest BCUT2D eigenvalue weighted by Gasteiger charge is 2.31.